The molecule has 0 unspecified atom stereocenters. The molecule has 0 fully saturated rings. The molecule has 0 amide bonds. The van der Waals surface area contributed by atoms with E-state index in [9.17, 15) is 4.79 Å². The van der Waals surface area contributed by atoms with E-state index >= 15 is 0 Å². The van der Waals surface area contributed by atoms with Gasteiger partial charge in [0.15, 0.2) is 0 Å². The molecule has 6 heteroatoms. The summed E-state index contributed by atoms with van der Waals surface area (Å²) >= 11 is 0. The van der Waals surface area contributed by atoms with Crippen LogP contribution in [0.3, 0.4) is 0 Å². The average molecular weight is 348 g/mol. The maximum atomic E-state index is 11.5. The Morgan fingerprint density at radius 2 is 1.81 bits per heavy atom. The Balaban J connectivity index is 1.74. The molecule has 0 saturated carbocycles. The lowest BCUT2D eigenvalue weighted by Gasteiger charge is -2.11. The zero-order valence-electron chi connectivity index (χ0n) is 14.7. The minimum Gasteiger partial charge on any atom is -0.465 e. The van der Waals surface area contributed by atoms with Crippen LogP contribution in [0.4, 0.5) is 23.1 Å². The van der Waals surface area contributed by atoms with E-state index in [-0.39, 0.29) is 5.97 Å². The van der Waals surface area contributed by atoms with Crippen molar-refractivity contribution in [1.82, 2.24) is 9.97 Å². The number of nitrogens with zero attached hydrogens (tertiary/aromatic N) is 2. The number of hydrogen-bond donors (Lipinski definition) is 2. The number of nitrogens with one attached hydrogen (secondary N) is 2. The smallest absolute Gasteiger partial charge is 0.337 e. The highest BCUT2D eigenvalue weighted by Crippen LogP contribution is 2.21. The van der Waals surface area contributed by atoms with Gasteiger partial charge in [-0.05, 0) is 48.4 Å². The molecule has 3 aromatic rings. The molecule has 0 spiro atoms. The molecule has 0 aliphatic rings. The lowest BCUT2D eigenvalue weighted by molar-refractivity contribution is 0.0601. The average Bonchev–Trinajstić information content (AvgIpc) is 2.69. The minimum absolute atomic E-state index is 0.367. The summed E-state index contributed by atoms with van der Waals surface area (Å²) < 4.78 is 4.69. The van der Waals surface area contributed by atoms with Gasteiger partial charge in [-0.1, -0.05) is 25.1 Å². The zero-order chi connectivity index (χ0) is 18.4. The number of carbonyl (C=O) groups excluding carboxylic acids is 1. The number of esters is 1. The van der Waals surface area contributed by atoms with Crippen molar-refractivity contribution in [3.63, 3.8) is 0 Å². The van der Waals surface area contributed by atoms with Crippen molar-refractivity contribution >= 4 is 29.1 Å². The molecular formula is C20H20N4O2. The van der Waals surface area contributed by atoms with Crippen LogP contribution in [0.25, 0.3) is 0 Å². The fraction of sp³-hybridized carbons (Fsp3) is 0.150. The third-order valence-corrected chi connectivity index (χ3v) is 3.88. The maximum absolute atomic E-state index is 11.5. The molecule has 0 aliphatic heterocycles. The quantitative estimate of drug-likeness (QED) is 0.646. The predicted molar refractivity (Wildman–Crippen MR) is 102 cm³/mol. The summed E-state index contributed by atoms with van der Waals surface area (Å²) in [6, 6.07) is 16.9. The molecule has 1 heterocycles. The Morgan fingerprint density at radius 3 is 2.54 bits per heavy atom. The van der Waals surface area contributed by atoms with Gasteiger partial charge in [0.1, 0.15) is 5.82 Å². The topological polar surface area (TPSA) is 76.1 Å². The van der Waals surface area contributed by atoms with Crippen molar-refractivity contribution in [3.8, 4) is 0 Å². The summed E-state index contributed by atoms with van der Waals surface area (Å²) in [5.41, 5.74) is 3.52. The largest absolute Gasteiger partial charge is 0.465 e. The van der Waals surface area contributed by atoms with Crippen LogP contribution in [0.5, 0.6) is 0 Å². The highest BCUT2D eigenvalue weighted by molar-refractivity contribution is 5.89. The van der Waals surface area contributed by atoms with Crippen LogP contribution < -0.4 is 10.6 Å². The van der Waals surface area contributed by atoms with Crippen LogP contribution in [0, 0.1) is 0 Å². The first kappa shape index (κ1) is 17.4. The van der Waals surface area contributed by atoms with Gasteiger partial charge in [0.25, 0.3) is 0 Å². The first-order valence-corrected chi connectivity index (χ1v) is 8.33. The van der Waals surface area contributed by atoms with E-state index in [1.807, 2.05) is 24.3 Å². The normalized spacial score (nSPS) is 10.2. The third kappa shape index (κ3) is 4.16. The van der Waals surface area contributed by atoms with E-state index in [1.54, 1.807) is 30.5 Å². The molecule has 0 bridgehead atoms. The zero-order valence-corrected chi connectivity index (χ0v) is 14.7. The number of aromatic nitrogens is 2. The second kappa shape index (κ2) is 8.11. The standard InChI is InChI=1S/C20H20N4O2/c1-3-14-6-4-5-7-17(14)23-18-12-13-21-20(24-18)22-16-10-8-15(9-11-16)19(25)26-2/h4-13H,3H2,1-2H3,(H2,21,22,23,24). The molecule has 1 aromatic heterocycles. The van der Waals surface area contributed by atoms with Crippen molar-refractivity contribution in [2.45, 2.75) is 13.3 Å². The summed E-state index contributed by atoms with van der Waals surface area (Å²) in [5.74, 6) is 0.804. The molecule has 2 aromatic carbocycles. The number of aryl methyl sites for hydroxylation is 1. The van der Waals surface area contributed by atoms with Crippen molar-refractivity contribution < 1.29 is 9.53 Å². The van der Waals surface area contributed by atoms with Crippen LogP contribution in [-0.2, 0) is 11.2 Å². The highest BCUT2D eigenvalue weighted by atomic mass is 16.5. The van der Waals surface area contributed by atoms with Crippen LogP contribution in [0.1, 0.15) is 22.8 Å². The van der Waals surface area contributed by atoms with Gasteiger partial charge in [0.05, 0.1) is 12.7 Å². The van der Waals surface area contributed by atoms with E-state index < -0.39 is 0 Å². The maximum Gasteiger partial charge on any atom is 0.337 e. The lowest BCUT2D eigenvalue weighted by atomic mass is 10.1. The van der Waals surface area contributed by atoms with E-state index in [4.69, 9.17) is 4.74 Å². The molecule has 3 rings (SSSR count). The van der Waals surface area contributed by atoms with Crippen molar-refractivity contribution in [1.29, 1.82) is 0 Å². The molecule has 6 nitrogen and oxygen atoms in total. The number of benzene rings is 2. The molecule has 0 atom stereocenters. The van der Waals surface area contributed by atoms with Crippen LogP contribution in [-0.4, -0.2) is 23.0 Å². The third-order valence-electron chi connectivity index (χ3n) is 3.88. The number of rotatable bonds is 6. The summed E-state index contributed by atoms with van der Waals surface area (Å²) in [6.45, 7) is 2.12. The Bertz CT molecular complexity index is 894. The van der Waals surface area contributed by atoms with E-state index in [1.165, 1.54) is 12.7 Å². The van der Waals surface area contributed by atoms with Gasteiger partial charge >= 0.3 is 5.97 Å². The lowest BCUT2D eigenvalue weighted by Crippen LogP contribution is -2.03. The van der Waals surface area contributed by atoms with E-state index in [0.717, 1.165) is 17.8 Å². The summed E-state index contributed by atoms with van der Waals surface area (Å²) in [6.07, 6.45) is 2.63. The number of anilines is 4. The van der Waals surface area contributed by atoms with Crippen molar-refractivity contribution in [2.24, 2.45) is 0 Å². The van der Waals surface area contributed by atoms with Gasteiger partial charge < -0.3 is 15.4 Å². The number of ether oxygens (including phenoxy) is 1. The molecule has 0 aliphatic carbocycles. The van der Waals surface area contributed by atoms with Crippen molar-refractivity contribution in [3.05, 3.63) is 71.9 Å². The predicted octanol–water partition coefficient (Wildman–Crippen LogP) is 4.31. The Kier molecular flexibility index (Phi) is 5.43. The number of methoxy groups -OCH3 is 1. The fourth-order valence-corrected chi connectivity index (χ4v) is 2.51. The summed E-state index contributed by atoms with van der Waals surface area (Å²) in [5, 5.41) is 6.46. The molecule has 132 valence electrons. The van der Waals surface area contributed by atoms with E-state index in [0.29, 0.717) is 17.3 Å². The van der Waals surface area contributed by atoms with Crippen molar-refractivity contribution in [2.75, 3.05) is 17.7 Å². The molecule has 0 radical (unpaired) electrons. The first-order valence-electron chi connectivity index (χ1n) is 8.33. The molecule has 2 N–H and O–H groups in total. The van der Waals surface area contributed by atoms with Gasteiger partial charge in [0, 0.05) is 17.6 Å². The van der Waals surface area contributed by atoms with Gasteiger partial charge in [-0.3, -0.25) is 0 Å². The Hall–Kier alpha value is -3.41. The van der Waals surface area contributed by atoms with Crippen LogP contribution >= 0.6 is 0 Å². The summed E-state index contributed by atoms with van der Waals surface area (Å²) in [4.78, 5) is 20.2. The van der Waals surface area contributed by atoms with Gasteiger partial charge in [-0.25, -0.2) is 9.78 Å². The van der Waals surface area contributed by atoms with Crippen LogP contribution in [0.2, 0.25) is 0 Å². The minimum atomic E-state index is -0.367. The second-order valence-corrected chi connectivity index (χ2v) is 5.60. The number of para-hydroxylation sites is 1. The number of hydrogen-bond acceptors (Lipinski definition) is 6. The van der Waals surface area contributed by atoms with E-state index in [2.05, 4.69) is 33.6 Å². The molecular weight excluding hydrogens is 328 g/mol. The molecule has 0 saturated heterocycles. The van der Waals surface area contributed by atoms with Gasteiger partial charge in [0.2, 0.25) is 5.95 Å². The molecule has 26 heavy (non-hydrogen) atoms. The first-order chi connectivity index (χ1) is 12.7. The monoisotopic (exact) mass is 348 g/mol. The SMILES string of the molecule is CCc1ccccc1Nc1ccnc(Nc2ccc(C(=O)OC)cc2)n1. The highest BCUT2D eigenvalue weighted by Gasteiger charge is 2.06. The second-order valence-electron chi connectivity index (χ2n) is 5.60. The Labute approximate surface area is 152 Å². The van der Waals surface area contributed by atoms with Gasteiger partial charge in [-0.15, -0.1) is 0 Å². The Morgan fingerprint density at radius 1 is 1.04 bits per heavy atom. The summed E-state index contributed by atoms with van der Waals surface area (Å²) in [7, 11) is 1.36. The van der Waals surface area contributed by atoms with Crippen LogP contribution in [0.15, 0.2) is 60.8 Å². The fourth-order valence-electron chi connectivity index (χ4n) is 2.51. The number of carbonyl (C=O) groups is 1. The van der Waals surface area contributed by atoms with Gasteiger partial charge in [-0.2, -0.15) is 4.98 Å².